The van der Waals surface area contributed by atoms with Gasteiger partial charge >= 0.3 is 0 Å². The van der Waals surface area contributed by atoms with Crippen LogP contribution in [0.1, 0.15) is 26.7 Å². The second-order valence-electron chi connectivity index (χ2n) is 5.12. The first-order chi connectivity index (χ1) is 9.20. The maximum Gasteiger partial charge on any atom is 0.163 e. The summed E-state index contributed by atoms with van der Waals surface area (Å²) < 4.78 is 1.93. The number of aryl methyl sites for hydroxylation is 1. The molecule has 1 aromatic heterocycles. The highest BCUT2D eigenvalue weighted by molar-refractivity contribution is 5.62. The molecule has 1 atom stereocenters. The van der Waals surface area contributed by atoms with Gasteiger partial charge in [0.1, 0.15) is 6.33 Å². The molecule has 0 aliphatic rings. The standard InChI is InChI=1S/C15H22N4/c1-4-6-12(2)10-16-14-8-5-7-13(9-14)15-18-17-11-19(15)3/h5,7-9,11-12,16H,4,6,10H2,1-3H3. The molecule has 0 fully saturated rings. The fourth-order valence-electron chi connectivity index (χ4n) is 2.20. The molecule has 1 unspecified atom stereocenters. The van der Waals surface area contributed by atoms with Gasteiger partial charge in [0, 0.05) is 24.8 Å². The summed E-state index contributed by atoms with van der Waals surface area (Å²) in [4.78, 5) is 0. The number of aromatic nitrogens is 3. The quantitative estimate of drug-likeness (QED) is 0.864. The van der Waals surface area contributed by atoms with Gasteiger partial charge in [-0.05, 0) is 24.5 Å². The summed E-state index contributed by atoms with van der Waals surface area (Å²) in [6, 6.07) is 8.34. The van der Waals surface area contributed by atoms with E-state index in [9.17, 15) is 0 Å². The van der Waals surface area contributed by atoms with Gasteiger partial charge in [0.25, 0.3) is 0 Å². The van der Waals surface area contributed by atoms with Crippen molar-refractivity contribution in [2.24, 2.45) is 13.0 Å². The average Bonchev–Trinajstić information content (AvgIpc) is 2.83. The maximum atomic E-state index is 4.14. The molecule has 1 heterocycles. The summed E-state index contributed by atoms with van der Waals surface area (Å²) in [5.74, 6) is 1.59. The van der Waals surface area contributed by atoms with Crippen LogP contribution in [0.2, 0.25) is 0 Å². The molecule has 0 amide bonds. The van der Waals surface area contributed by atoms with Crippen LogP contribution in [0.15, 0.2) is 30.6 Å². The first kappa shape index (κ1) is 13.6. The van der Waals surface area contributed by atoms with Gasteiger partial charge in [-0.3, -0.25) is 0 Å². The zero-order valence-corrected chi connectivity index (χ0v) is 11.9. The van der Waals surface area contributed by atoms with Crippen LogP contribution in [-0.2, 0) is 7.05 Å². The third-order valence-corrected chi connectivity index (χ3v) is 3.27. The molecule has 1 aromatic carbocycles. The molecular formula is C15H22N4. The monoisotopic (exact) mass is 258 g/mol. The van der Waals surface area contributed by atoms with Crippen molar-refractivity contribution in [2.75, 3.05) is 11.9 Å². The third kappa shape index (κ3) is 3.56. The lowest BCUT2D eigenvalue weighted by atomic mass is 10.1. The second kappa shape index (κ2) is 6.36. The zero-order valence-electron chi connectivity index (χ0n) is 11.9. The Hall–Kier alpha value is -1.84. The van der Waals surface area contributed by atoms with E-state index in [4.69, 9.17) is 0 Å². The lowest BCUT2D eigenvalue weighted by Gasteiger charge is -2.13. The van der Waals surface area contributed by atoms with E-state index in [1.807, 2.05) is 11.6 Å². The predicted molar refractivity (Wildman–Crippen MR) is 79.0 cm³/mol. The van der Waals surface area contributed by atoms with Crippen molar-refractivity contribution in [3.05, 3.63) is 30.6 Å². The van der Waals surface area contributed by atoms with E-state index in [-0.39, 0.29) is 0 Å². The molecule has 0 spiro atoms. The molecule has 0 aliphatic heterocycles. The van der Waals surface area contributed by atoms with Gasteiger partial charge in [0.15, 0.2) is 5.82 Å². The van der Waals surface area contributed by atoms with Crippen molar-refractivity contribution in [1.29, 1.82) is 0 Å². The molecule has 19 heavy (non-hydrogen) atoms. The Morgan fingerprint density at radius 3 is 2.89 bits per heavy atom. The van der Waals surface area contributed by atoms with Gasteiger partial charge in [-0.1, -0.05) is 32.4 Å². The molecule has 0 saturated heterocycles. The minimum absolute atomic E-state index is 0.698. The molecule has 2 aromatic rings. The molecule has 0 aliphatic carbocycles. The lowest BCUT2D eigenvalue weighted by Crippen LogP contribution is -2.10. The zero-order chi connectivity index (χ0) is 13.7. The van der Waals surface area contributed by atoms with E-state index >= 15 is 0 Å². The topological polar surface area (TPSA) is 42.7 Å². The smallest absolute Gasteiger partial charge is 0.163 e. The number of hydrogen-bond acceptors (Lipinski definition) is 3. The van der Waals surface area contributed by atoms with Crippen LogP contribution in [0.3, 0.4) is 0 Å². The summed E-state index contributed by atoms with van der Waals surface area (Å²) in [6.07, 6.45) is 4.22. The SMILES string of the molecule is CCCC(C)CNc1cccc(-c2nncn2C)c1. The van der Waals surface area contributed by atoms with Gasteiger partial charge in [-0.25, -0.2) is 0 Å². The van der Waals surface area contributed by atoms with Crippen molar-refractivity contribution >= 4 is 5.69 Å². The van der Waals surface area contributed by atoms with Crippen molar-refractivity contribution in [3.63, 3.8) is 0 Å². The van der Waals surface area contributed by atoms with Gasteiger partial charge in [0.2, 0.25) is 0 Å². The minimum Gasteiger partial charge on any atom is -0.385 e. The van der Waals surface area contributed by atoms with Crippen molar-refractivity contribution in [1.82, 2.24) is 14.8 Å². The number of rotatable bonds is 6. The van der Waals surface area contributed by atoms with E-state index in [0.29, 0.717) is 5.92 Å². The first-order valence-electron chi connectivity index (χ1n) is 6.89. The summed E-state index contributed by atoms with van der Waals surface area (Å²) in [6.45, 7) is 5.52. The molecule has 0 bridgehead atoms. The van der Waals surface area contributed by atoms with Crippen molar-refractivity contribution in [2.45, 2.75) is 26.7 Å². The highest BCUT2D eigenvalue weighted by atomic mass is 15.2. The number of anilines is 1. The van der Waals surface area contributed by atoms with Crippen molar-refractivity contribution < 1.29 is 0 Å². The van der Waals surface area contributed by atoms with E-state index < -0.39 is 0 Å². The number of hydrogen-bond donors (Lipinski definition) is 1. The fraction of sp³-hybridized carbons (Fsp3) is 0.467. The van der Waals surface area contributed by atoms with E-state index in [0.717, 1.165) is 23.6 Å². The average molecular weight is 258 g/mol. The normalized spacial score (nSPS) is 12.4. The second-order valence-corrected chi connectivity index (χ2v) is 5.12. The highest BCUT2D eigenvalue weighted by Gasteiger charge is 2.05. The largest absolute Gasteiger partial charge is 0.385 e. The number of nitrogens with one attached hydrogen (secondary N) is 1. The Morgan fingerprint density at radius 2 is 2.21 bits per heavy atom. The molecule has 4 heteroatoms. The summed E-state index contributed by atoms with van der Waals surface area (Å²) >= 11 is 0. The number of benzene rings is 1. The summed E-state index contributed by atoms with van der Waals surface area (Å²) in [5, 5.41) is 11.5. The number of nitrogens with zero attached hydrogens (tertiary/aromatic N) is 3. The highest BCUT2D eigenvalue weighted by Crippen LogP contribution is 2.20. The Balaban J connectivity index is 2.06. The van der Waals surface area contributed by atoms with Crippen LogP contribution < -0.4 is 5.32 Å². The molecule has 4 nitrogen and oxygen atoms in total. The van der Waals surface area contributed by atoms with Crippen LogP contribution in [0.5, 0.6) is 0 Å². The summed E-state index contributed by atoms with van der Waals surface area (Å²) in [5.41, 5.74) is 2.23. The first-order valence-corrected chi connectivity index (χ1v) is 6.89. The third-order valence-electron chi connectivity index (χ3n) is 3.27. The lowest BCUT2D eigenvalue weighted by molar-refractivity contribution is 0.551. The van der Waals surface area contributed by atoms with E-state index in [2.05, 4.69) is 53.6 Å². The minimum atomic E-state index is 0.698. The Labute approximate surface area is 114 Å². The molecule has 0 saturated carbocycles. The van der Waals surface area contributed by atoms with Crippen LogP contribution in [0, 0.1) is 5.92 Å². The Kier molecular flexibility index (Phi) is 4.55. The van der Waals surface area contributed by atoms with Crippen LogP contribution >= 0.6 is 0 Å². The van der Waals surface area contributed by atoms with Crippen LogP contribution in [0.4, 0.5) is 5.69 Å². The van der Waals surface area contributed by atoms with Gasteiger partial charge < -0.3 is 9.88 Å². The van der Waals surface area contributed by atoms with Gasteiger partial charge in [0.05, 0.1) is 0 Å². The fourth-order valence-corrected chi connectivity index (χ4v) is 2.20. The van der Waals surface area contributed by atoms with Crippen LogP contribution in [0.25, 0.3) is 11.4 Å². The molecular weight excluding hydrogens is 236 g/mol. The maximum absolute atomic E-state index is 4.14. The van der Waals surface area contributed by atoms with E-state index in [1.165, 1.54) is 12.8 Å². The summed E-state index contributed by atoms with van der Waals surface area (Å²) in [7, 11) is 1.96. The molecule has 1 N–H and O–H groups in total. The Bertz CT molecular complexity index is 518. The molecule has 2 rings (SSSR count). The Morgan fingerprint density at radius 1 is 1.37 bits per heavy atom. The van der Waals surface area contributed by atoms with Crippen LogP contribution in [-0.4, -0.2) is 21.3 Å². The van der Waals surface area contributed by atoms with Gasteiger partial charge in [-0.2, -0.15) is 0 Å². The van der Waals surface area contributed by atoms with Gasteiger partial charge in [-0.15, -0.1) is 10.2 Å². The molecule has 102 valence electrons. The van der Waals surface area contributed by atoms with E-state index in [1.54, 1.807) is 6.33 Å². The van der Waals surface area contributed by atoms with Crippen molar-refractivity contribution in [3.8, 4) is 11.4 Å². The predicted octanol–water partition coefficient (Wildman–Crippen LogP) is 3.33. The molecule has 0 radical (unpaired) electrons.